The molecule has 0 aromatic heterocycles. The van der Waals surface area contributed by atoms with Crippen molar-refractivity contribution in [1.29, 1.82) is 0 Å². The Morgan fingerprint density at radius 2 is 1.72 bits per heavy atom. The molecule has 8 nitrogen and oxygen atoms in total. The fraction of sp³-hybridized carbons (Fsp3) is 0.600. The molecule has 1 aromatic rings. The number of carbonyl (C=O) groups excluding carboxylic acids is 2. The number of hydrogen-bond donors (Lipinski definition) is 1. The van der Waals surface area contributed by atoms with Crippen molar-refractivity contribution in [3.05, 3.63) is 29.8 Å². The minimum Gasteiger partial charge on any atom is -0.449 e. The number of nitrogens with one attached hydrogen (secondary N) is 1. The Labute approximate surface area is 172 Å². The smallest absolute Gasteiger partial charge is 0.338 e. The monoisotopic (exact) mass is 426 g/mol. The van der Waals surface area contributed by atoms with E-state index in [9.17, 15) is 18.0 Å². The van der Waals surface area contributed by atoms with Crippen molar-refractivity contribution in [1.82, 2.24) is 9.62 Å². The first-order valence-corrected chi connectivity index (χ1v) is 11.3. The van der Waals surface area contributed by atoms with E-state index in [1.807, 2.05) is 20.8 Å². The maximum atomic E-state index is 12.6. The third-order valence-electron chi connectivity index (χ3n) is 4.73. The van der Waals surface area contributed by atoms with Crippen LogP contribution >= 0.6 is 0 Å². The van der Waals surface area contributed by atoms with Crippen LogP contribution in [0, 0.1) is 0 Å². The van der Waals surface area contributed by atoms with E-state index in [4.69, 9.17) is 9.47 Å². The Morgan fingerprint density at radius 1 is 1.17 bits per heavy atom. The Balaban J connectivity index is 2.00. The van der Waals surface area contributed by atoms with E-state index in [-0.39, 0.29) is 34.6 Å². The maximum Gasteiger partial charge on any atom is 0.338 e. The lowest BCUT2D eigenvalue weighted by atomic mass is 10.2. The van der Waals surface area contributed by atoms with Crippen molar-refractivity contribution >= 4 is 21.9 Å². The Bertz CT molecular complexity index is 814. The zero-order chi connectivity index (χ0) is 21.8. The number of benzene rings is 1. The van der Waals surface area contributed by atoms with Gasteiger partial charge < -0.3 is 14.4 Å². The third kappa shape index (κ3) is 6.25. The first-order chi connectivity index (χ1) is 13.5. The molecular formula is C20H30N2O6S. The summed E-state index contributed by atoms with van der Waals surface area (Å²) in [5.41, 5.74) is 0.177. The summed E-state index contributed by atoms with van der Waals surface area (Å²) in [6.45, 7) is 9.85. The highest BCUT2D eigenvalue weighted by Gasteiger charge is 2.30. The Hall–Kier alpha value is -1.97. The number of morpholine rings is 1. The highest BCUT2D eigenvalue weighted by molar-refractivity contribution is 7.89. The summed E-state index contributed by atoms with van der Waals surface area (Å²) in [5, 5.41) is 0. The van der Waals surface area contributed by atoms with Crippen molar-refractivity contribution in [2.24, 2.45) is 0 Å². The van der Waals surface area contributed by atoms with Gasteiger partial charge in [-0.15, -0.1) is 0 Å². The van der Waals surface area contributed by atoms with Crippen LogP contribution in [0.2, 0.25) is 0 Å². The Morgan fingerprint density at radius 3 is 2.24 bits per heavy atom. The fourth-order valence-electron chi connectivity index (χ4n) is 3.08. The van der Waals surface area contributed by atoms with Crippen LogP contribution in [0.1, 0.15) is 51.4 Å². The van der Waals surface area contributed by atoms with Crippen LogP contribution in [-0.2, 0) is 24.3 Å². The van der Waals surface area contributed by atoms with E-state index < -0.39 is 22.1 Å². The van der Waals surface area contributed by atoms with Crippen LogP contribution in [0.25, 0.3) is 0 Å². The number of hydrogen-bond acceptors (Lipinski definition) is 6. The fourth-order valence-corrected chi connectivity index (χ4v) is 4.41. The van der Waals surface area contributed by atoms with Crippen LogP contribution in [0.3, 0.4) is 0 Å². The highest BCUT2D eigenvalue weighted by atomic mass is 32.2. The standard InChI is InChI=1S/C20H30N2O6S/c1-6-13(2)21-29(25,26)18-9-7-17(8-10-18)20(24)28-16(5)19(23)22-11-14(3)27-15(4)12-22/h7-10,13-16,21H,6,11-12H2,1-5H3. The largest absolute Gasteiger partial charge is 0.449 e. The molecule has 0 radical (unpaired) electrons. The molecule has 4 unspecified atom stereocenters. The SMILES string of the molecule is CCC(C)NS(=O)(=O)c1ccc(C(=O)OC(C)C(=O)N2CC(C)OC(C)C2)cc1. The van der Waals surface area contributed by atoms with Gasteiger partial charge in [-0.2, -0.15) is 0 Å². The maximum absolute atomic E-state index is 12.6. The van der Waals surface area contributed by atoms with Crippen molar-refractivity contribution in [3.63, 3.8) is 0 Å². The number of carbonyl (C=O) groups is 2. The molecule has 1 fully saturated rings. The molecule has 0 bridgehead atoms. The molecule has 0 spiro atoms. The molecule has 2 rings (SSSR count). The first kappa shape index (κ1) is 23.3. The molecule has 0 saturated carbocycles. The van der Waals surface area contributed by atoms with E-state index in [1.54, 1.807) is 11.8 Å². The van der Waals surface area contributed by atoms with Crippen molar-refractivity contribution in [3.8, 4) is 0 Å². The van der Waals surface area contributed by atoms with Crippen molar-refractivity contribution < 1.29 is 27.5 Å². The zero-order valence-corrected chi connectivity index (χ0v) is 18.4. The topological polar surface area (TPSA) is 102 Å². The quantitative estimate of drug-likeness (QED) is 0.669. The molecule has 1 heterocycles. The molecule has 162 valence electrons. The number of amides is 1. The average Bonchev–Trinajstić information content (AvgIpc) is 2.66. The normalized spacial score (nSPS) is 22.0. The molecule has 29 heavy (non-hydrogen) atoms. The van der Waals surface area contributed by atoms with Gasteiger partial charge in [-0.05, 0) is 58.4 Å². The van der Waals surface area contributed by atoms with Crippen LogP contribution < -0.4 is 4.72 Å². The molecule has 1 aromatic carbocycles. The molecule has 1 saturated heterocycles. The number of sulfonamides is 1. The van der Waals surface area contributed by atoms with Crippen LogP contribution in [-0.4, -0.2) is 62.6 Å². The minimum atomic E-state index is -3.65. The average molecular weight is 427 g/mol. The second-order valence-electron chi connectivity index (χ2n) is 7.50. The molecule has 1 aliphatic rings. The van der Waals surface area contributed by atoms with E-state index in [1.165, 1.54) is 31.2 Å². The van der Waals surface area contributed by atoms with Gasteiger partial charge in [0.05, 0.1) is 22.7 Å². The second-order valence-corrected chi connectivity index (χ2v) is 9.22. The number of esters is 1. The molecule has 9 heteroatoms. The lowest BCUT2D eigenvalue weighted by molar-refractivity contribution is -0.151. The van der Waals surface area contributed by atoms with Gasteiger partial charge in [0, 0.05) is 19.1 Å². The molecule has 1 aliphatic heterocycles. The summed E-state index contributed by atoms with van der Waals surface area (Å²) in [6, 6.07) is 5.26. The van der Waals surface area contributed by atoms with Gasteiger partial charge in [0.25, 0.3) is 5.91 Å². The van der Waals surface area contributed by atoms with Gasteiger partial charge in [-0.1, -0.05) is 6.92 Å². The minimum absolute atomic E-state index is 0.0646. The molecular weight excluding hydrogens is 396 g/mol. The van der Waals surface area contributed by atoms with Crippen LogP contribution in [0.5, 0.6) is 0 Å². The van der Waals surface area contributed by atoms with Crippen LogP contribution in [0.15, 0.2) is 29.2 Å². The molecule has 1 N–H and O–H groups in total. The van der Waals surface area contributed by atoms with Gasteiger partial charge in [0.15, 0.2) is 6.10 Å². The van der Waals surface area contributed by atoms with Gasteiger partial charge in [0.2, 0.25) is 10.0 Å². The summed E-state index contributed by atoms with van der Waals surface area (Å²) < 4.78 is 38.0. The van der Waals surface area contributed by atoms with Crippen LogP contribution in [0.4, 0.5) is 0 Å². The first-order valence-electron chi connectivity index (χ1n) is 9.81. The summed E-state index contributed by atoms with van der Waals surface area (Å²) >= 11 is 0. The van der Waals surface area contributed by atoms with Gasteiger partial charge in [-0.3, -0.25) is 4.79 Å². The third-order valence-corrected chi connectivity index (χ3v) is 6.34. The predicted octanol–water partition coefficient (Wildman–Crippen LogP) is 1.94. The second kappa shape index (κ2) is 9.69. The summed E-state index contributed by atoms with van der Waals surface area (Å²) in [6.07, 6.45) is -0.445. The highest BCUT2D eigenvalue weighted by Crippen LogP contribution is 2.15. The van der Waals surface area contributed by atoms with Crippen molar-refractivity contribution in [2.75, 3.05) is 13.1 Å². The van der Waals surface area contributed by atoms with E-state index in [2.05, 4.69) is 4.72 Å². The summed E-state index contributed by atoms with van der Waals surface area (Å²) in [7, 11) is -3.65. The lowest BCUT2D eigenvalue weighted by Gasteiger charge is -2.36. The summed E-state index contributed by atoms with van der Waals surface area (Å²) in [5.74, 6) is -0.962. The van der Waals surface area contributed by atoms with Gasteiger partial charge >= 0.3 is 5.97 Å². The summed E-state index contributed by atoms with van der Waals surface area (Å²) in [4.78, 5) is 26.6. The van der Waals surface area contributed by atoms with Crippen molar-refractivity contribution in [2.45, 2.75) is 70.3 Å². The van der Waals surface area contributed by atoms with E-state index in [0.717, 1.165) is 0 Å². The lowest BCUT2D eigenvalue weighted by Crippen LogP contribution is -2.51. The molecule has 0 aliphatic carbocycles. The predicted molar refractivity (Wildman–Crippen MR) is 108 cm³/mol. The van der Waals surface area contributed by atoms with Gasteiger partial charge in [-0.25, -0.2) is 17.9 Å². The zero-order valence-electron chi connectivity index (χ0n) is 17.5. The molecule has 4 atom stereocenters. The molecule has 1 amide bonds. The Kier molecular flexibility index (Phi) is 7.79. The number of nitrogens with zero attached hydrogens (tertiary/aromatic N) is 1. The van der Waals surface area contributed by atoms with E-state index >= 15 is 0 Å². The number of rotatable bonds is 7. The van der Waals surface area contributed by atoms with Gasteiger partial charge in [0.1, 0.15) is 0 Å². The number of ether oxygens (including phenoxy) is 2. The van der Waals surface area contributed by atoms with E-state index in [0.29, 0.717) is 19.5 Å².